The third-order valence-electron chi connectivity index (χ3n) is 18.1. The lowest BCUT2D eigenvalue weighted by molar-refractivity contribution is -0.161. The van der Waals surface area contributed by atoms with E-state index >= 15 is 0 Å². The lowest BCUT2D eigenvalue weighted by Gasteiger charge is -2.21. The Labute approximate surface area is 594 Å². The molecule has 0 radical (unpaired) electrons. The van der Waals surface area contributed by atoms with Gasteiger partial charge in [-0.1, -0.05) is 344 Å². The molecule has 5 atom stereocenters. The Morgan fingerprint density at radius 2 is 0.433 bits per heavy atom. The summed E-state index contributed by atoms with van der Waals surface area (Å²) in [7, 11) is -9.92. The smallest absolute Gasteiger partial charge is 0.462 e. The molecule has 0 fully saturated rings. The van der Waals surface area contributed by atoms with Crippen molar-refractivity contribution < 1.29 is 80.2 Å². The predicted octanol–water partition coefficient (Wildman–Crippen LogP) is 22.8. The van der Waals surface area contributed by atoms with Crippen molar-refractivity contribution in [2.45, 2.75) is 414 Å². The molecule has 0 rings (SSSR count). The summed E-state index contributed by atoms with van der Waals surface area (Å²) >= 11 is 0. The van der Waals surface area contributed by atoms with Gasteiger partial charge in [0.15, 0.2) is 12.2 Å². The van der Waals surface area contributed by atoms with Gasteiger partial charge in [0.2, 0.25) is 0 Å². The van der Waals surface area contributed by atoms with Crippen molar-refractivity contribution in [2.75, 3.05) is 39.6 Å². The van der Waals surface area contributed by atoms with Crippen LogP contribution >= 0.6 is 15.6 Å². The number of rotatable bonds is 75. The Bertz CT molecular complexity index is 1900. The van der Waals surface area contributed by atoms with E-state index in [9.17, 15) is 43.2 Å². The molecule has 576 valence electrons. The van der Waals surface area contributed by atoms with E-state index in [1.807, 2.05) is 0 Å². The molecule has 0 bridgehead atoms. The maximum Gasteiger partial charge on any atom is 0.472 e. The number of carbonyl (C=O) groups excluding carboxylic acids is 4. The Morgan fingerprint density at radius 1 is 0.258 bits per heavy atom. The van der Waals surface area contributed by atoms with Gasteiger partial charge in [-0.3, -0.25) is 37.3 Å². The highest BCUT2D eigenvalue weighted by Crippen LogP contribution is 2.45. The van der Waals surface area contributed by atoms with Crippen LogP contribution < -0.4 is 0 Å². The Hall–Kier alpha value is -1.94. The highest BCUT2D eigenvalue weighted by atomic mass is 31.2. The van der Waals surface area contributed by atoms with Gasteiger partial charge in [-0.05, 0) is 49.4 Å². The van der Waals surface area contributed by atoms with Crippen molar-refractivity contribution in [1.29, 1.82) is 0 Å². The topological polar surface area (TPSA) is 237 Å². The van der Waals surface area contributed by atoms with Crippen LogP contribution in [0.1, 0.15) is 396 Å². The van der Waals surface area contributed by atoms with Gasteiger partial charge in [-0.15, -0.1) is 0 Å². The second kappa shape index (κ2) is 67.2. The summed E-state index contributed by atoms with van der Waals surface area (Å²) < 4.78 is 68.6. The molecule has 0 aliphatic carbocycles. The van der Waals surface area contributed by atoms with Crippen LogP contribution in [0, 0.1) is 23.7 Å². The molecule has 0 saturated carbocycles. The Morgan fingerprint density at radius 3 is 0.639 bits per heavy atom. The van der Waals surface area contributed by atoms with E-state index in [2.05, 4.69) is 55.4 Å². The van der Waals surface area contributed by atoms with Crippen molar-refractivity contribution in [3.63, 3.8) is 0 Å². The molecule has 0 aromatic rings. The van der Waals surface area contributed by atoms with Gasteiger partial charge in [0, 0.05) is 25.7 Å². The van der Waals surface area contributed by atoms with E-state index in [1.54, 1.807) is 0 Å². The van der Waals surface area contributed by atoms with Crippen LogP contribution in [0.15, 0.2) is 0 Å². The molecular formula is C78H152O17P2. The zero-order chi connectivity index (χ0) is 71.7. The Kier molecular flexibility index (Phi) is 65.9. The maximum atomic E-state index is 13.1. The number of carbonyl (C=O) groups is 4. The Balaban J connectivity index is 5.26. The number of aliphatic hydroxyl groups excluding tert-OH is 1. The van der Waals surface area contributed by atoms with E-state index in [-0.39, 0.29) is 25.7 Å². The summed E-state index contributed by atoms with van der Waals surface area (Å²) in [5.74, 6) is 0.949. The number of phosphoric ester groups is 2. The molecular weight excluding hydrogens is 1270 g/mol. The number of ether oxygens (including phenoxy) is 4. The summed E-state index contributed by atoms with van der Waals surface area (Å²) in [5.41, 5.74) is 0. The van der Waals surface area contributed by atoms with Crippen molar-refractivity contribution in [1.82, 2.24) is 0 Å². The minimum atomic E-state index is -4.96. The minimum Gasteiger partial charge on any atom is -0.462 e. The molecule has 0 aromatic heterocycles. The summed E-state index contributed by atoms with van der Waals surface area (Å²) in [6.45, 7) is 14.2. The first-order chi connectivity index (χ1) is 46.6. The zero-order valence-electron chi connectivity index (χ0n) is 63.7. The van der Waals surface area contributed by atoms with Crippen LogP contribution in [0.25, 0.3) is 0 Å². The third kappa shape index (κ3) is 72.2. The lowest BCUT2D eigenvalue weighted by Crippen LogP contribution is -2.30. The van der Waals surface area contributed by atoms with E-state index in [4.69, 9.17) is 37.0 Å². The van der Waals surface area contributed by atoms with Crippen LogP contribution in [0.5, 0.6) is 0 Å². The van der Waals surface area contributed by atoms with E-state index in [0.29, 0.717) is 25.7 Å². The number of unbranched alkanes of at least 4 members (excludes halogenated alkanes) is 41. The molecule has 0 aliphatic heterocycles. The SMILES string of the molecule is CC(C)CCCCCCCCCCCCCCCCC(=O)O[C@H](COC(=O)CCCCCCCCCCCCCCCC(C)C)COP(=O)(O)OC[C@@H](O)COP(=O)(O)OC[C@@H](COC(=O)CCCCCCCCCCCC(C)C)OC(=O)CCCCCCCCCCCC(C)C. The molecule has 0 amide bonds. The minimum absolute atomic E-state index is 0.105. The van der Waals surface area contributed by atoms with Crippen molar-refractivity contribution in [3.8, 4) is 0 Å². The second-order valence-electron chi connectivity index (χ2n) is 30.0. The van der Waals surface area contributed by atoms with E-state index in [0.717, 1.165) is 114 Å². The number of hydrogen-bond acceptors (Lipinski definition) is 15. The van der Waals surface area contributed by atoms with Crippen molar-refractivity contribution in [2.24, 2.45) is 23.7 Å². The predicted molar refractivity (Wildman–Crippen MR) is 395 cm³/mol. The average Bonchev–Trinajstić information content (AvgIpc) is 1.42. The molecule has 97 heavy (non-hydrogen) atoms. The molecule has 0 spiro atoms. The first kappa shape index (κ1) is 95.1. The van der Waals surface area contributed by atoms with Gasteiger partial charge in [0.1, 0.15) is 19.3 Å². The molecule has 3 N–H and O–H groups in total. The van der Waals surface area contributed by atoms with Crippen LogP contribution in [0.4, 0.5) is 0 Å². The number of esters is 4. The molecule has 0 saturated heterocycles. The lowest BCUT2D eigenvalue weighted by atomic mass is 10.0. The first-order valence-electron chi connectivity index (χ1n) is 40.2. The fourth-order valence-electron chi connectivity index (χ4n) is 11.9. The molecule has 0 heterocycles. The molecule has 0 aromatic carbocycles. The molecule has 17 nitrogen and oxygen atoms in total. The summed E-state index contributed by atoms with van der Waals surface area (Å²) in [6.07, 6.45) is 52.7. The fraction of sp³-hybridized carbons (Fsp3) is 0.949. The standard InChI is InChI=1S/C78H152O17P2/c1-68(2)54-46-38-30-22-16-12-9-10-14-19-27-36-44-52-60-77(82)94-73(64-88-75(80)58-50-42-34-26-18-15-11-13-17-23-31-39-47-55-69(3)4)66-92-96(84,85)90-62-72(79)63-91-97(86,87)93-67-74(95-78(83)61-53-45-37-29-21-25-33-41-49-57-71(7)8)65-89-76(81)59-51-43-35-28-20-24-32-40-48-56-70(5)6/h68-74,79H,9-67H2,1-8H3,(H,84,85)(H,86,87)/t72-,73-,74-/m1/s1. The van der Waals surface area contributed by atoms with Gasteiger partial charge in [0.05, 0.1) is 26.4 Å². The van der Waals surface area contributed by atoms with Gasteiger partial charge in [-0.2, -0.15) is 0 Å². The summed E-state index contributed by atoms with van der Waals surface area (Å²) in [6, 6.07) is 0. The largest absolute Gasteiger partial charge is 0.472 e. The average molecular weight is 1420 g/mol. The molecule has 2 unspecified atom stereocenters. The van der Waals surface area contributed by atoms with Crippen LogP contribution in [0.3, 0.4) is 0 Å². The number of phosphoric acid groups is 2. The summed E-state index contributed by atoms with van der Waals surface area (Å²) in [5, 5.41) is 10.6. The quantitative estimate of drug-likeness (QED) is 0.0222. The van der Waals surface area contributed by atoms with Crippen molar-refractivity contribution >= 4 is 39.5 Å². The van der Waals surface area contributed by atoms with E-state index < -0.39 is 97.5 Å². The van der Waals surface area contributed by atoms with Gasteiger partial charge >= 0.3 is 39.5 Å². The first-order valence-corrected chi connectivity index (χ1v) is 43.2. The van der Waals surface area contributed by atoms with E-state index in [1.165, 1.54) is 199 Å². The number of aliphatic hydroxyl groups is 1. The van der Waals surface area contributed by atoms with Crippen LogP contribution in [-0.2, 0) is 65.4 Å². The van der Waals surface area contributed by atoms with Gasteiger partial charge in [0.25, 0.3) is 0 Å². The zero-order valence-corrected chi connectivity index (χ0v) is 65.5. The molecule has 0 aliphatic rings. The highest BCUT2D eigenvalue weighted by molar-refractivity contribution is 7.47. The second-order valence-corrected chi connectivity index (χ2v) is 32.9. The number of hydrogen-bond donors (Lipinski definition) is 3. The summed E-state index contributed by atoms with van der Waals surface area (Å²) in [4.78, 5) is 72.9. The maximum absolute atomic E-state index is 13.1. The van der Waals surface area contributed by atoms with Crippen LogP contribution in [-0.4, -0.2) is 96.7 Å². The van der Waals surface area contributed by atoms with Crippen molar-refractivity contribution in [3.05, 3.63) is 0 Å². The monoisotopic (exact) mass is 1420 g/mol. The third-order valence-corrected chi connectivity index (χ3v) is 20.0. The van der Waals surface area contributed by atoms with Gasteiger partial charge in [-0.25, -0.2) is 9.13 Å². The van der Waals surface area contributed by atoms with Crippen LogP contribution in [0.2, 0.25) is 0 Å². The normalized spacial score (nSPS) is 14.1. The van der Waals surface area contributed by atoms with Gasteiger partial charge < -0.3 is 33.8 Å². The highest BCUT2D eigenvalue weighted by Gasteiger charge is 2.30. The molecule has 19 heteroatoms. The fourth-order valence-corrected chi connectivity index (χ4v) is 13.5.